The quantitative estimate of drug-likeness (QED) is 0.917. The van der Waals surface area contributed by atoms with Crippen LogP contribution < -0.4 is 5.32 Å². The second-order valence-electron chi connectivity index (χ2n) is 4.94. The maximum absolute atomic E-state index is 8.69. The van der Waals surface area contributed by atoms with Crippen LogP contribution in [0.2, 0.25) is 0 Å². The minimum atomic E-state index is 0.367. The molecule has 0 fully saturated rings. The van der Waals surface area contributed by atoms with E-state index in [1.807, 2.05) is 23.9 Å². The van der Waals surface area contributed by atoms with E-state index >= 15 is 0 Å². The molecule has 0 bridgehead atoms. The Hall–Kier alpha value is -1.92. The molecule has 1 unspecified atom stereocenters. The van der Waals surface area contributed by atoms with Crippen LogP contribution in [0.5, 0.6) is 0 Å². The molecule has 3 heteroatoms. The van der Waals surface area contributed by atoms with Gasteiger partial charge in [0.25, 0.3) is 0 Å². The number of nitrogens with zero attached hydrogens (tertiary/aromatic N) is 1. The van der Waals surface area contributed by atoms with E-state index in [0.29, 0.717) is 12.5 Å². The highest BCUT2D eigenvalue weighted by molar-refractivity contribution is 7.98. The van der Waals surface area contributed by atoms with Gasteiger partial charge in [-0.3, -0.25) is 0 Å². The Labute approximate surface area is 123 Å². The third-order valence-corrected chi connectivity index (χ3v) is 4.63. The average Bonchev–Trinajstić information content (AvgIpc) is 2.50. The molecule has 0 radical (unpaired) electrons. The van der Waals surface area contributed by atoms with Crippen molar-refractivity contribution in [3.63, 3.8) is 0 Å². The maximum atomic E-state index is 8.69. The summed E-state index contributed by atoms with van der Waals surface area (Å²) < 4.78 is 0. The molecule has 0 spiro atoms. The smallest absolute Gasteiger partial charge is 0.0669 e. The van der Waals surface area contributed by atoms with E-state index in [0.717, 1.165) is 22.8 Å². The van der Waals surface area contributed by atoms with Crippen LogP contribution in [0.25, 0.3) is 0 Å². The van der Waals surface area contributed by atoms with E-state index in [2.05, 4.69) is 47.8 Å². The van der Waals surface area contributed by atoms with Gasteiger partial charge in [0.2, 0.25) is 0 Å². The van der Waals surface area contributed by atoms with Gasteiger partial charge in [0.15, 0.2) is 0 Å². The summed E-state index contributed by atoms with van der Waals surface area (Å²) in [6.45, 7) is 0. The lowest BCUT2D eigenvalue weighted by molar-refractivity contribution is 0.871. The highest BCUT2D eigenvalue weighted by atomic mass is 32.2. The average molecular weight is 280 g/mol. The fourth-order valence-corrected chi connectivity index (χ4v) is 3.61. The third kappa shape index (κ3) is 2.81. The van der Waals surface area contributed by atoms with Crippen LogP contribution in [0.15, 0.2) is 48.5 Å². The lowest BCUT2D eigenvalue weighted by Gasteiger charge is -2.27. The summed E-state index contributed by atoms with van der Waals surface area (Å²) in [4.78, 5) is 0. The first kappa shape index (κ1) is 13.1. The molecule has 0 amide bonds. The molecule has 20 heavy (non-hydrogen) atoms. The summed E-state index contributed by atoms with van der Waals surface area (Å²) >= 11 is 1.97. The van der Waals surface area contributed by atoms with Gasteiger partial charge in [-0.1, -0.05) is 36.4 Å². The Kier molecular flexibility index (Phi) is 3.94. The Balaban J connectivity index is 1.77. The van der Waals surface area contributed by atoms with Crippen molar-refractivity contribution >= 4 is 17.4 Å². The lowest BCUT2D eigenvalue weighted by Crippen LogP contribution is -2.18. The number of hydrogen-bond donors (Lipinski definition) is 1. The van der Waals surface area contributed by atoms with Gasteiger partial charge in [0.05, 0.1) is 18.5 Å². The van der Waals surface area contributed by atoms with Crippen molar-refractivity contribution in [2.75, 3.05) is 11.1 Å². The summed E-state index contributed by atoms with van der Waals surface area (Å²) in [5.74, 6) is 2.20. The largest absolute Gasteiger partial charge is 0.377 e. The number of fused-ring (bicyclic) bond motifs is 1. The molecule has 1 aliphatic heterocycles. The molecule has 3 rings (SSSR count). The van der Waals surface area contributed by atoms with E-state index < -0.39 is 0 Å². The zero-order valence-electron chi connectivity index (χ0n) is 11.2. The minimum absolute atomic E-state index is 0.367. The van der Waals surface area contributed by atoms with Crippen LogP contribution in [0.3, 0.4) is 0 Å². The highest BCUT2D eigenvalue weighted by Gasteiger charge is 2.19. The molecule has 2 nitrogen and oxygen atoms in total. The molecule has 2 aromatic carbocycles. The second-order valence-corrected chi connectivity index (χ2v) is 5.97. The van der Waals surface area contributed by atoms with E-state index in [1.165, 1.54) is 11.1 Å². The first-order valence-electron chi connectivity index (χ1n) is 6.75. The summed E-state index contributed by atoms with van der Waals surface area (Å²) in [6.07, 6.45) is 0.475. The van der Waals surface area contributed by atoms with Gasteiger partial charge in [-0.15, -0.1) is 0 Å². The van der Waals surface area contributed by atoms with Crippen LogP contribution in [0.4, 0.5) is 5.69 Å². The number of nitriles is 1. The molecule has 1 atom stereocenters. The van der Waals surface area contributed by atoms with Crippen LogP contribution in [-0.2, 0) is 12.2 Å². The lowest BCUT2D eigenvalue weighted by atomic mass is 10.0. The normalized spacial score (nSPS) is 17.1. The SMILES string of the molecule is N#CCc1ccc(NC2CSCc3ccccc32)cc1. The van der Waals surface area contributed by atoms with E-state index in [4.69, 9.17) is 5.26 Å². The first-order valence-corrected chi connectivity index (χ1v) is 7.90. The van der Waals surface area contributed by atoms with Crippen molar-refractivity contribution in [1.29, 1.82) is 5.26 Å². The van der Waals surface area contributed by atoms with Crippen molar-refractivity contribution in [1.82, 2.24) is 0 Å². The predicted octanol–water partition coefficient (Wildman–Crippen LogP) is 4.15. The molecule has 0 saturated heterocycles. The van der Waals surface area contributed by atoms with E-state index in [9.17, 15) is 0 Å². The fourth-order valence-electron chi connectivity index (χ4n) is 2.51. The van der Waals surface area contributed by atoms with Gasteiger partial charge in [0.1, 0.15) is 0 Å². The highest BCUT2D eigenvalue weighted by Crippen LogP contribution is 2.33. The number of thioether (sulfide) groups is 1. The number of anilines is 1. The first-order chi connectivity index (χ1) is 9.86. The summed E-state index contributed by atoms with van der Waals surface area (Å²) in [5.41, 5.74) is 5.03. The number of rotatable bonds is 3. The van der Waals surface area contributed by atoms with Crippen LogP contribution in [0, 0.1) is 11.3 Å². The monoisotopic (exact) mass is 280 g/mol. The summed E-state index contributed by atoms with van der Waals surface area (Å²) in [6, 6.07) is 19.4. The summed E-state index contributed by atoms with van der Waals surface area (Å²) in [7, 11) is 0. The molecule has 1 N–H and O–H groups in total. The second kappa shape index (κ2) is 6.02. The van der Waals surface area contributed by atoms with Crippen molar-refractivity contribution in [2.24, 2.45) is 0 Å². The van der Waals surface area contributed by atoms with Gasteiger partial charge < -0.3 is 5.32 Å². The molecule has 1 aliphatic rings. The number of nitrogens with one attached hydrogen (secondary N) is 1. The number of benzene rings is 2. The molecule has 100 valence electrons. The van der Waals surface area contributed by atoms with Crippen molar-refractivity contribution in [2.45, 2.75) is 18.2 Å². The Bertz CT molecular complexity index is 628. The van der Waals surface area contributed by atoms with Gasteiger partial charge in [0, 0.05) is 17.2 Å². The van der Waals surface area contributed by atoms with Crippen molar-refractivity contribution in [3.8, 4) is 6.07 Å². The van der Waals surface area contributed by atoms with Gasteiger partial charge in [-0.05, 0) is 28.8 Å². The standard InChI is InChI=1S/C17H16N2S/c18-10-9-13-5-7-15(8-6-13)19-17-12-20-11-14-3-1-2-4-16(14)17/h1-8,17,19H,9,11-12H2. The molecule has 0 aromatic heterocycles. The molecule has 1 heterocycles. The Morgan fingerprint density at radius 3 is 2.75 bits per heavy atom. The molecular formula is C17H16N2S. The molecule has 0 aliphatic carbocycles. The Morgan fingerprint density at radius 1 is 1.15 bits per heavy atom. The number of hydrogen-bond acceptors (Lipinski definition) is 3. The summed E-state index contributed by atoms with van der Waals surface area (Å²) in [5, 5.41) is 12.3. The molecular weight excluding hydrogens is 264 g/mol. The Morgan fingerprint density at radius 2 is 1.95 bits per heavy atom. The van der Waals surface area contributed by atoms with Crippen molar-refractivity contribution in [3.05, 3.63) is 65.2 Å². The van der Waals surface area contributed by atoms with E-state index in [1.54, 1.807) is 0 Å². The van der Waals surface area contributed by atoms with Crippen molar-refractivity contribution < 1.29 is 0 Å². The zero-order chi connectivity index (χ0) is 13.8. The third-order valence-electron chi connectivity index (χ3n) is 3.55. The van der Waals surface area contributed by atoms with Gasteiger partial charge >= 0.3 is 0 Å². The fraction of sp³-hybridized carbons (Fsp3) is 0.235. The molecule has 2 aromatic rings. The van der Waals surface area contributed by atoms with Crippen LogP contribution in [-0.4, -0.2) is 5.75 Å². The predicted molar refractivity (Wildman–Crippen MR) is 84.7 cm³/mol. The zero-order valence-corrected chi connectivity index (χ0v) is 12.0. The topological polar surface area (TPSA) is 35.8 Å². The minimum Gasteiger partial charge on any atom is -0.377 e. The molecule has 0 saturated carbocycles. The maximum Gasteiger partial charge on any atom is 0.0669 e. The van der Waals surface area contributed by atoms with E-state index in [-0.39, 0.29) is 0 Å². The van der Waals surface area contributed by atoms with Gasteiger partial charge in [-0.2, -0.15) is 17.0 Å². The van der Waals surface area contributed by atoms with Crippen LogP contribution in [0.1, 0.15) is 22.7 Å². The van der Waals surface area contributed by atoms with Gasteiger partial charge in [-0.25, -0.2) is 0 Å². The van der Waals surface area contributed by atoms with Crippen LogP contribution >= 0.6 is 11.8 Å².